The van der Waals surface area contributed by atoms with Crippen molar-refractivity contribution < 1.29 is 4.79 Å². The summed E-state index contributed by atoms with van der Waals surface area (Å²) in [6.07, 6.45) is 6.13. The van der Waals surface area contributed by atoms with Gasteiger partial charge in [0.1, 0.15) is 0 Å². The molecule has 1 fully saturated rings. The minimum Gasteiger partial charge on any atom is -0.392 e. The van der Waals surface area contributed by atoms with Crippen LogP contribution in [0.15, 0.2) is 0 Å². The molecule has 0 aromatic carbocycles. The number of rotatable bonds is 6. The first kappa shape index (κ1) is 14.4. The van der Waals surface area contributed by atoms with Gasteiger partial charge in [-0.1, -0.05) is 38.9 Å². The molecule has 4 heteroatoms. The van der Waals surface area contributed by atoms with E-state index in [0.29, 0.717) is 4.99 Å². The van der Waals surface area contributed by atoms with Crippen molar-refractivity contribution in [2.45, 2.75) is 58.4 Å². The highest BCUT2D eigenvalue weighted by molar-refractivity contribution is 7.80. The van der Waals surface area contributed by atoms with E-state index in [1.807, 2.05) is 4.90 Å². The predicted molar refractivity (Wildman–Crippen MR) is 74.8 cm³/mol. The van der Waals surface area contributed by atoms with Crippen molar-refractivity contribution in [2.24, 2.45) is 11.7 Å². The fourth-order valence-electron chi connectivity index (χ4n) is 2.51. The number of unbranched alkanes of at least 4 members (excludes halogenated alkanes) is 1. The van der Waals surface area contributed by atoms with Gasteiger partial charge in [0.15, 0.2) is 0 Å². The third-order valence-corrected chi connectivity index (χ3v) is 3.88. The van der Waals surface area contributed by atoms with Crippen molar-refractivity contribution in [3.8, 4) is 0 Å². The molecule has 1 aliphatic rings. The lowest BCUT2D eigenvalue weighted by Gasteiger charge is -2.27. The zero-order valence-electron chi connectivity index (χ0n) is 10.9. The van der Waals surface area contributed by atoms with Crippen LogP contribution in [0.4, 0.5) is 0 Å². The minimum atomic E-state index is 0.00757. The molecule has 0 radical (unpaired) electrons. The van der Waals surface area contributed by atoms with E-state index in [0.717, 1.165) is 45.1 Å². The third kappa shape index (κ3) is 3.66. The van der Waals surface area contributed by atoms with Crippen LogP contribution in [0.5, 0.6) is 0 Å². The molecule has 0 saturated carbocycles. The molecular formula is C13H24N2OS. The van der Waals surface area contributed by atoms with Gasteiger partial charge in [-0.15, -0.1) is 0 Å². The van der Waals surface area contributed by atoms with Gasteiger partial charge < -0.3 is 10.6 Å². The molecule has 1 heterocycles. The number of likely N-dealkylation sites (tertiary alicyclic amines) is 1. The van der Waals surface area contributed by atoms with Crippen LogP contribution >= 0.6 is 12.2 Å². The summed E-state index contributed by atoms with van der Waals surface area (Å²) in [7, 11) is 0. The first-order chi connectivity index (χ1) is 8.11. The summed E-state index contributed by atoms with van der Waals surface area (Å²) in [6, 6.07) is 0.00757. The number of carbonyl (C=O) groups is 1. The first-order valence-corrected chi connectivity index (χ1v) is 7.12. The summed E-state index contributed by atoms with van der Waals surface area (Å²) in [6.45, 7) is 5.07. The first-order valence-electron chi connectivity index (χ1n) is 6.71. The Bertz CT molecular complexity index is 281. The molecule has 98 valence electrons. The van der Waals surface area contributed by atoms with Crippen LogP contribution in [-0.2, 0) is 4.79 Å². The average molecular weight is 256 g/mol. The summed E-state index contributed by atoms with van der Waals surface area (Å²) >= 11 is 5.05. The molecule has 1 aliphatic heterocycles. The lowest BCUT2D eigenvalue weighted by Crippen LogP contribution is -2.45. The molecular weight excluding hydrogens is 232 g/mol. The second-order valence-corrected chi connectivity index (χ2v) is 5.31. The number of nitrogens with two attached hydrogens (primary N) is 1. The Hall–Kier alpha value is -0.640. The van der Waals surface area contributed by atoms with E-state index in [9.17, 15) is 4.79 Å². The van der Waals surface area contributed by atoms with Crippen molar-refractivity contribution in [3.05, 3.63) is 0 Å². The molecule has 2 N–H and O–H groups in total. The van der Waals surface area contributed by atoms with E-state index >= 15 is 0 Å². The summed E-state index contributed by atoms with van der Waals surface area (Å²) in [5.41, 5.74) is 5.71. The maximum atomic E-state index is 12.4. The highest BCUT2D eigenvalue weighted by atomic mass is 32.1. The summed E-state index contributed by atoms with van der Waals surface area (Å²) in [5, 5.41) is 0. The fourth-order valence-corrected chi connectivity index (χ4v) is 2.76. The van der Waals surface area contributed by atoms with Crippen LogP contribution in [0.25, 0.3) is 0 Å². The number of amides is 1. The standard InChI is InChI=1S/C13H24N2OS/c1-3-5-7-10(4-2)13(16)15-9-6-8-11(15)12(14)17/h10-11H,3-9H2,1-2H3,(H2,14,17). The molecule has 1 saturated heterocycles. The Morgan fingerprint density at radius 1 is 1.53 bits per heavy atom. The van der Waals surface area contributed by atoms with Crippen LogP contribution in [0.1, 0.15) is 52.4 Å². The molecule has 2 unspecified atom stereocenters. The van der Waals surface area contributed by atoms with Gasteiger partial charge in [-0.2, -0.15) is 0 Å². The van der Waals surface area contributed by atoms with Crippen molar-refractivity contribution in [1.29, 1.82) is 0 Å². The predicted octanol–water partition coefficient (Wildman–Crippen LogP) is 2.48. The Kier molecular flexibility index (Phi) is 5.89. The van der Waals surface area contributed by atoms with E-state index in [1.165, 1.54) is 0 Å². The van der Waals surface area contributed by atoms with Crippen molar-refractivity contribution in [3.63, 3.8) is 0 Å². The quantitative estimate of drug-likeness (QED) is 0.743. The van der Waals surface area contributed by atoms with E-state index in [-0.39, 0.29) is 17.9 Å². The number of hydrogen-bond acceptors (Lipinski definition) is 2. The van der Waals surface area contributed by atoms with Gasteiger partial charge in [0, 0.05) is 12.5 Å². The second-order valence-electron chi connectivity index (χ2n) is 4.84. The Labute approximate surface area is 110 Å². The highest BCUT2D eigenvalue weighted by Crippen LogP contribution is 2.23. The molecule has 2 atom stereocenters. The lowest BCUT2D eigenvalue weighted by atomic mass is 9.97. The van der Waals surface area contributed by atoms with Crippen molar-refractivity contribution in [2.75, 3.05) is 6.54 Å². The summed E-state index contributed by atoms with van der Waals surface area (Å²) < 4.78 is 0. The number of carbonyl (C=O) groups excluding carboxylic acids is 1. The second kappa shape index (κ2) is 6.94. The zero-order chi connectivity index (χ0) is 12.8. The molecule has 0 aromatic rings. The topological polar surface area (TPSA) is 46.3 Å². The van der Waals surface area contributed by atoms with E-state index in [1.54, 1.807) is 0 Å². The number of hydrogen-bond donors (Lipinski definition) is 1. The largest absolute Gasteiger partial charge is 0.392 e. The number of nitrogens with zero attached hydrogens (tertiary/aromatic N) is 1. The zero-order valence-corrected chi connectivity index (χ0v) is 11.8. The van der Waals surface area contributed by atoms with Gasteiger partial charge in [-0.05, 0) is 25.7 Å². The highest BCUT2D eigenvalue weighted by Gasteiger charge is 2.33. The summed E-state index contributed by atoms with van der Waals surface area (Å²) in [4.78, 5) is 14.8. The van der Waals surface area contributed by atoms with Crippen LogP contribution in [0, 0.1) is 5.92 Å². The number of thiocarbonyl (C=S) groups is 1. The van der Waals surface area contributed by atoms with Gasteiger partial charge in [0.05, 0.1) is 11.0 Å². The van der Waals surface area contributed by atoms with Gasteiger partial charge in [-0.25, -0.2) is 0 Å². The van der Waals surface area contributed by atoms with Crippen molar-refractivity contribution >= 4 is 23.1 Å². The van der Waals surface area contributed by atoms with Crippen LogP contribution in [0.2, 0.25) is 0 Å². The minimum absolute atomic E-state index is 0.00757. The lowest BCUT2D eigenvalue weighted by molar-refractivity contribution is -0.135. The Morgan fingerprint density at radius 2 is 2.24 bits per heavy atom. The summed E-state index contributed by atoms with van der Waals surface area (Å²) in [5.74, 6) is 0.418. The maximum Gasteiger partial charge on any atom is 0.226 e. The molecule has 1 amide bonds. The molecule has 3 nitrogen and oxygen atoms in total. The maximum absolute atomic E-state index is 12.4. The van der Waals surface area contributed by atoms with E-state index in [4.69, 9.17) is 18.0 Å². The normalized spacial score (nSPS) is 21.5. The van der Waals surface area contributed by atoms with E-state index in [2.05, 4.69) is 13.8 Å². The van der Waals surface area contributed by atoms with Crippen LogP contribution < -0.4 is 5.73 Å². The van der Waals surface area contributed by atoms with E-state index < -0.39 is 0 Å². The monoisotopic (exact) mass is 256 g/mol. The fraction of sp³-hybridized carbons (Fsp3) is 0.846. The molecule has 0 aliphatic carbocycles. The van der Waals surface area contributed by atoms with Gasteiger partial charge >= 0.3 is 0 Å². The SMILES string of the molecule is CCCCC(CC)C(=O)N1CCCC1C(N)=S. The van der Waals surface area contributed by atoms with Crippen LogP contribution in [0.3, 0.4) is 0 Å². The van der Waals surface area contributed by atoms with Gasteiger partial charge in [-0.3, -0.25) is 4.79 Å². The van der Waals surface area contributed by atoms with Crippen LogP contribution in [-0.4, -0.2) is 28.4 Å². The molecule has 1 rings (SSSR count). The third-order valence-electron chi connectivity index (χ3n) is 3.61. The van der Waals surface area contributed by atoms with Gasteiger partial charge in [0.25, 0.3) is 0 Å². The Balaban J connectivity index is 2.63. The van der Waals surface area contributed by atoms with Crippen molar-refractivity contribution in [1.82, 2.24) is 4.90 Å². The average Bonchev–Trinajstić information content (AvgIpc) is 2.78. The Morgan fingerprint density at radius 3 is 2.76 bits per heavy atom. The molecule has 0 spiro atoms. The molecule has 0 aromatic heterocycles. The molecule has 0 bridgehead atoms. The molecule has 17 heavy (non-hydrogen) atoms. The smallest absolute Gasteiger partial charge is 0.226 e. The van der Waals surface area contributed by atoms with Gasteiger partial charge in [0.2, 0.25) is 5.91 Å².